The summed E-state index contributed by atoms with van der Waals surface area (Å²) in [4.78, 5) is 13.0. The van der Waals surface area contributed by atoms with Crippen molar-refractivity contribution < 1.29 is 28.5 Å². The summed E-state index contributed by atoms with van der Waals surface area (Å²) in [5.41, 5.74) is 3.20. The van der Waals surface area contributed by atoms with Gasteiger partial charge in [0.2, 0.25) is 5.91 Å². The van der Waals surface area contributed by atoms with Crippen molar-refractivity contribution in [2.24, 2.45) is 0 Å². The average Bonchev–Trinajstić information content (AvgIpc) is 3.39. The molecule has 0 aliphatic carbocycles. The number of benzene rings is 2. The fraction of sp³-hybridized carbons (Fsp3) is 0.500. The van der Waals surface area contributed by atoms with Crippen LogP contribution in [0.15, 0.2) is 54.6 Å². The molecule has 1 N–H and O–H groups in total. The van der Waals surface area contributed by atoms with E-state index >= 15 is 0 Å². The van der Waals surface area contributed by atoms with Gasteiger partial charge in [-0.25, -0.2) is 0 Å². The highest BCUT2D eigenvalue weighted by atomic mass is 16.8. The molecule has 5 atom stereocenters. The summed E-state index contributed by atoms with van der Waals surface area (Å²) in [7, 11) is 0. The van der Waals surface area contributed by atoms with Crippen molar-refractivity contribution >= 4 is 5.91 Å². The van der Waals surface area contributed by atoms with Gasteiger partial charge in [-0.1, -0.05) is 54.6 Å². The lowest BCUT2D eigenvalue weighted by molar-refractivity contribution is -0.223. The lowest BCUT2D eigenvalue weighted by Crippen LogP contribution is -2.52. The number of fused-ring (bicyclic) bond motifs is 1. The molecule has 3 fully saturated rings. The molecule has 3 aliphatic heterocycles. The molecule has 0 saturated carbocycles. The molecule has 0 aromatic heterocycles. The van der Waals surface area contributed by atoms with Crippen molar-refractivity contribution in [2.75, 3.05) is 6.61 Å². The van der Waals surface area contributed by atoms with Crippen LogP contribution in [0, 0.1) is 0 Å². The zero-order valence-corrected chi connectivity index (χ0v) is 19.4. The van der Waals surface area contributed by atoms with Crippen LogP contribution in [0.1, 0.15) is 33.3 Å². The minimum Gasteiger partial charge on any atom is -0.348 e. The van der Waals surface area contributed by atoms with Crippen LogP contribution in [-0.2, 0) is 34.9 Å². The van der Waals surface area contributed by atoms with Gasteiger partial charge in [0, 0.05) is 0 Å². The number of hydrogen-bond donors (Lipinski definition) is 1. The van der Waals surface area contributed by atoms with E-state index in [0.717, 1.165) is 16.7 Å². The number of hydrogen-bond acceptors (Lipinski definition) is 6. The first kappa shape index (κ1) is 22.5. The van der Waals surface area contributed by atoms with Gasteiger partial charge >= 0.3 is 0 Å². The Morgan fingerprint density at radius 2 is 1.58 bits per heavy atom. The third-order valence-electron chi connectivity index (χ3n) is 6.24. The fourth-order valence-corrected chi connectivity index (χ4v) is 4.76. The molecule has 0 spiro atoms. The third kappa shape index (κ3) is 4.83. The lowest BCUT2D eigenvalue weighted by atomic mass is 10.0. The molecular formula is C26H31NO6. The van der Waals surface area contributed by atoms with Gasteiger partial charge in [0.05, 0.1) is 19.1 Å². The van der Waals surface area contributed by atoms with E-state index in [0.29, 0.717) is 6.61 Å². The molecule has 33 heavy (non-hydrogen) atoms. The summed E-state index contributed by atoms with van der Waals surface area (Å²) in [6, 6.07) is 17.8. The lowest BCUT2D eigenvalue weighted by Gasteiger charge is -2.29. The molecule has 3 saturated heterocycles. The molecular weight excluding hydrogens is 422 g/mol. The van der Waals surface area contributed by atoms with E-state index in [2.05, 4.69) is 17.4 Å². The van der Waals surface area contributed by atoms with Crippen LogP contribution in [-0.4, -0.2) is 54.7 Å². The molecule has 176 valence electrons. The fourth-order valence-electron chi connectivity index (χ4n) is 4.76. The first-order valence-electron chi connectivity index (χ1n) is 11.5. The van der Waals surface area contributed by atoms with E-state index in [1.165, 1.54) is 0 Å². The molecule has 0 bridgehead atoms. The quantitative estimate of drug-likeness (QED) is 0.748. The molecule has 3 heterocycles. The number of amides is 1. The van der Waals surface area contributed by atoms with E-state index in [4.69, 9.17) is 23.7 Å². The van der Waals surface area contributed by atoms with Crippen LogP contribution in [0.5, 0.6) is 0 Å². The predicted molar refractivity (Wildman–Crippen MR) is 121 cm³/mol. The van der Waals surface area contributed by atoms with Crippen LogP contribution in [0.2, 0.25) is 0 Å². The van der Waals surface area contributed by atoms with Gasteiger partial charge in [-0.2, -0.15) is 0 Å². The highest BCUT2D eigenvalue weighted by molar-refractivity contribution is 5.79. The standard InChI is InChI=1S/C26H31NO6/c1-25(2)29-15-19(31-25)22-21(23-24(30-22)33-26(3,4)32-23)27-20(28)14-16-10-12-18(13-11-16)17-8-6-5-7-9-17/h5-13,19,21-24H,14-15H2,1-4H3,(H,27,28)/t19-,21-,22-,23-,24-/m1/s1. The Morgan fingerprint density at radius 3 is 2.24 bits per heavy atom. The second kappa shape index (κ2) is 8.49. The maximum atomic E-state index is 13.0. The number of nitrogens with one attached hydrogen (secondary N) is 1. The molecule has 7 heteroatoms. The van der Waals surface area contributed by atoms with Gasteiger partial charge < -0.3 is 29.0 Å². The number of ether oxygens (including phenoxy) is 5. The summed E-state index contributed by atoms with van der Waals surface area (Å²) in [5, 5.41) is 3.13. The molecule has 7 nitrogen and oxygen atoms in total. The molecule has 3 aliphatic rings. The molecule has 5 rings (SSSR count). The molecule has 1 amide bonds. The van der Waals surface area contributed by atoms with Crippen LogP contribution in [0.3, 0.4) is 0 Å². The Balaban J connectivity index is 1.27. The largest absolute Gasteiger partial charge is 0.348 e. The Kier molecular flexibility index (Phi) is 5.79. The Bertz CT molecular complexity index is 990. The number of carbonyl (C=O) groups excluding carboxylic acids is 1. The first-order valence-corrected chi connectivity index (χ1v) is 11.5. The normalized spacial score (nSPS) is 31.9. The SMILES string of the molecule is CC1(C)O[C@H]2O[C@H]([C@H]3COC(C)(C)O3)[C@@H](NC(=O)Cc3ccc(-c4ccccc4)cc3)[C@H]2O1. The van der Waals surface area contributed by atoms with E-state index in [9.17, 15) is 4.79 Å². The van der Waals surface area contributed by atoms with E-state index < -0.39 is 36.1 Å². The molecule has 2 aromatic rings. The topological polar surface area (TPSA) is 75.3 Å². The summed E-state index contributed by atoms with van der Waals surface area (Å²) in [5.74, 6) is -1.57. The minimum absolute atomic E-state index is 0.104. The van der Waals surface area contributed by atoms with E-state index in [-0.39, 0.29) is 18.4 Å². The Hall–Kier alpha value is -2.29. The van der Waals surface area contributed by atoms with Crippen LogP contribution < -0.4 is 5.32 Å². The predicted octanol–water partition coefficient (Wildman–Crippen LogP) is 3.41. The Morgan fingerprint density at radius 1 is 0.879 bits per heavy atom. The van der Waals surface area contributed by atoms with Crippen molar-refractivity contribution in [2.45, 2.75) is 76.3 Å². The van der Waals surface area contributed by atoms with Crippen molar-refractivity contribution in [3.05, 3.63) is 60.2 Å². The second-order valence-electron chi connectivity index (χ2n) is 9.77. The van der Waals surface area contributed by atoms with Crippen LogP contribution >= 0.6 is 0 Å². The first-order chi connectivity index (χ1) is 15.7. The van der Waals surface area contributed by atoms with E-state index in [1.807, 2.05) is 70.2 Å². The zero-order valence-electron chi connectivity index (χ0n) is 19.4. The van der Waals surface area contributed by atoms with Gasteiger partial charge in [0.25, 0.3) is 0 Å². The van der Waals surface area contributed by atoms with E-state index in [1.54, 1.807) is 0 Å². The molecule has 2 aromatic carbocycles. The number of rotatable bonds is 5. The van der Waals surface area contributed by atoms with Gasteiger partial charge in [-0.3, -0.25) is 4.79 Å². The van der Waals surface area contributed by atoms with Gasteiger partial charge in [-0.05, 0) is 44.4 Å². The third-order valence-corrected chi connectivity index (χ3v) is 6.24. The van der Waals surface area contributed by atoms with Gasteiger partial charge in [0.1, 0.15) is 18.3 Å². The van der Waals surface area contributed by atoms with Gasteiger partial charge in [-0.15, -0.1) is 0 Å². The highest BCUT2D eigenvalue weighted by Crippen LogP contribution is 2.40. The summed E-state index contributed by atoms with van der Waals surface area (Å²) >= 11 is 0. The van der Waals surface area contributed by atoms with Crippen molar-refractivity contribution in [3.8, 4) is 11.1 Å². The van der Waals surface area contributed by atoms with Gasteiger partial charge in [0.15, 0.2) is 17.9 Å². The van der Waals surface area contributed by atoms with Crippen molar-refractivity contribution in [3.63, 3.8) is 0 Å². The smallest absolute Gasteiger partial charge is 0.224 e. The zero-order chi connectivity index (χ0) is 23.2. The maximum absolute atomic E-state index is 13.0. The summed E-state index contributed by atoms with van der Waals surface area (Å²) in [6.45, 7) is 7.80. The summed E-state index contributed by atoms with van der Waals surface area (Å²) in [6.07, 6.45) is -1.47. The summed E-state index contributed by atoms with van der Waals surface area (Å²) < 4.78 is 29.9. The highest BCUT2D eigenvalue weighted by Gasteiger charge is 2.58. The van der Waals surface area contributed by atoms with Crippen molar-refractivity contribution in [1.82, 2.24) is 5.32 Å². The minimum atomic E-state index is -0.775. The molecule has 0 unspecified atom stereocenters. The average molecular weight is 454 g/mol. The van der Waals surface area contributed by atoms with Crippen LogP contribution in [0.25, 0.3) is 11.1 Å². The number of carbonyl (C=O) groups is 1. The second-order valence-corrected chi connectivity index (χ2v) is 9.77. The molecule has 0 radical (unpaired) electrons. The van der Waals surface area contributed by atoms with Crippen LogP contribution in [0.4, 0.5) is 0 Å². The maximum Gasteiger partial charge on any atom is 0.224 e. The van der Waals surface area contributed by atoms with Crippen molar-refractivity contribution in [1.29, 1.82) is 0 Å². The Labute approximate surface area is 194 Å². The monoisotopic (exact) mass is 453 g/mol.